The van der Waals surface area contributed by atoms with E-state index in [9.17, 15) is 4.79 Å². The third kappa shape index (κ3) is 3.23. The molecule has 0 radical (unpaired) electrons. The summed E-state index contributed by atoms with van der Waals surface area (Å²) in [6, 6.07) is 8.17. The number of allylic oxidation sites excluding steroid dienone is 1. The summed E-state index contributed by atoms with van der Waals surface area (Å²) in [5, 5.41) is 0. The SMILES string of the molecule is CC=CC(=O)N(CC)Cc1ccccc1C. The number of nitrogens with zero attached hydrogens (tertiary/aromatic N) is 1. The van der Waals surface area contributed by atoms with Crippen LogP contribution in [0.25, 0.3) is 0 Å². The van der Waals surface area contributed by atoms with Gasteiger partial charge in [-0.25, -0.2) is 0 Å². The fourth-order valence-corrected chi connectivity index (χ4v) is 1.59. The van der Waals surface area contributed by atoms with E-state index in [0.717, 1.165) is 6.54 Å². The van der Waals surface area contributed by atoms with Crippen LogP contribution in [0, 0.1) is 6.92 Å². The second-order valence-corrected chi connectivity index (χ2v) is 3.78. The van der Waals surface area contributed by atoms with E-state index in [1.807, 2.05) is 30.9 Å². The Morgan fingerprint density at radius 1 is 1.38 bits per heavy atom. The van der Waals surface area contributed by atoms with Gasteiger partial charge in [0.2, 0.25) is 5.91 Å². The molecule has 16 heavy (non-hydrogen) atoms. The van der Waals surface area contributed by atoms with Crippen molar-refractivity contribution in [2.75, 3.05) is 6.54 Å². The molecule has 0 bridgehead atoms. The minimum atomic E-state index is 0.0771. The highest BCUT2D eigenvalue weighted by molar-refractivity contribution is 5.87. The molecule has 0 aromatic heterocycles. The Morgan fingerprint density at radius 3 is 2.62 bits per heavy atom. The van der Waals surface area contributed by atoms with E-state index >= 15 is 0 Å². The molecule has 0 spiro atoms. The summed E-state index contributed by atoms with van der Waals surface area (Å²) in [5.41, 5.74) is 2.44. The van der Waals surface area contributed by atoms with E-state index in [0.29, 0.717) is 6.54 Å². The Bertz CT molecular complexity index is 382. The first-order valence-electron chi connectivity index (χ1n) is 5.65. The predicted molar refractivity (Wildman–Crippen MR) is 67.1 cm³/mol. The van der Waals surface area contributed by atoms with Gasteiger partial charge in [0.15, 0.2) is 0 Å². The van der Waals surface area contributed by atoms with Crippen molar-refractivity contribution in [1.82, 2.24) is 4.90 Å². The molecule has 0 N–H and O–H groups in total. The van der Waals surface area contributed by atoms with Gasteiger partial charge in [-0.1, -0.05) is 30.3 Å². The van der Waals surface area contributed by atoms with Crippen LogP contribution >= 0.6 is 0 Å². The van der Waals surface area contributed by atoms with Gasteiger partial charge in [-0.05, 0) is 38.0 Å². The Balaban J connectivity index is 2.78. The zero-order chi connectivity index (χ0) is 12.0. The summed E-state index contributed by atoms with van der Waals surface area (Å²) in [6.07, 6.45) is 3.39. The zero-order valence-corrected chi connectivity index (χ0v) is 10.2. The molecular weight excluding hydrogens is 198 g/mol. The quantitative estimate of drug-likeness (QED) is 0.710. The first-order chi connectivity index (χ1) is 7.69. The lowest BCUT2D eigenvalue weighted by molar-refractivity contribution is -0.126. The van der Waals surface area contributed by atoms with Crippen LogP contribution in [0.5, 0.6) is 0 Å². The van der Waals surface area contributed by atoms with E-state index in [-0.39, 0.29) is 5.91 Å². The van der Waals surface area contributed by atoms with Crippen molar-refractivity contribution in [1.29, 1.82) is 0 Å². The highest BCUT2D eigenvalue weighted by Crippen LogP contribution is 2.10. The van der Waals surface area contributed by atoms with Gasteiger partial charge in [0.05, 0.1) is 0 Å². The number of hydrogen-bond acceptors (Lipinski definition) is 1. The molecular formula is C14H19NO. The van der Waals surface area contributed by atoms with Crippen LogP contribution in [-0.4, -0.2) is 17.4 Å². The molecule has 0 fully saturated rings. The first kappa shape index (κ1) is 12.5. The van der Waals surface area contributed by atoms with E-state index in [1.165, 1.54) is 11.1 Å². The van der Waals surface area contributed by atoms with Crippen molar-refractivity contribution in [3.63, 3.8) is 0 Å². The summed E-state index contributed by atoms with van der Waals surface area (Å²) in [4.78, 5) is 13.6. The van der Waals surface area contributed by atoms with Gasteiger partial charge in [-0.3, -0.25) is 4.79 Å². The van der Waals surface area contributed by atoms with Gasteiger partial charge < -0.3 is 4.90 Å². The van der Waals surface area contributed by atoms with Crippen LogP contribution in [0.15, 0.2) is 36.4 Å². The van der Waals surface area contributed by atoms with Crippen molar-refractivity contribution >= 4 is 5.91 Å². The number of carbonyl (C=O) groups is 1. The number of amides is 1. The molecule has 0 unspecified atom stereocenters. The molecule has 86 valence electrons. The molecule has 1 rings (SSSR count). The Labute approximate surface area is 97.6 Å². The van der Waals surface area contributed by atoms with Crippen LogP contribution < -0.4 is 0 Å². The number of aryl methyl sites for hydroxylation is 1. The minimum absolute atomic E-state index is 0.0771. The van der Waals surface area contributed by atoms with Crippen molar-refractivity contribution < 1.29 is 4.79 Å². The third-order valence-corrected chi connectivity index (χ3v) is 2.63. The van der Waals surface area contributed by atoms with Gasteiger partial charge in [0.25, 0.3) is 0 Å². The molecule has 0 saturated heterocycles. The van der Waals surface area contributed by atoms with E-state index in [2.05, 4.69) is 19.1 Å². The van der Waals surface area contributed by atoms with Gasteiger partial charge in [-0.2, -0.15) is 0 Å². The van der Waals surface area contributed by atoms with Crippen LogP contribution in [-0.2, 0) is 11.3 Å². The van der Waals surface area contributed by atoms with Crippen molar-refractivity contribution in [2.45, 2.75) is 27.3 Å². The molecule has 0 heterocycles. The summed E-state index contributed by atoms with van der Waals surface area (Å²) in [7, 11) is 0. The Kier molecular flexibility index (Phi) is 4.77. The lowest BCUT2D eigenvalue weighted by atomic mass is 10.1. The van der Waals surface area contributed by atoms with Crippen LogP contribution in [0.4, 0.5) is 0 Å². The number of hydrogen-bond donors (Lipinski definition) is 0. The smallest absolute Gasteiger partial charge is 0.246 e. The molecule has 0 aliphatic carbocycles. The van der Waals surface area contributed by atoms with Crippen molar-refractivity contribution in [3.05, 3.63) is 47.5 Å². The molecule has 1 aromatic carbocycles. The average molecular weight is 217 g/mol. The molecule has 0 atom stereocenters. The van der Waals surface area contributed by atoms with Gasteiger partial charge in [0, 0.05) is 13.1 Å². The molecule has 2 heteroatoms. The average Bonchev–Trinajstić information content (AvgIpc) is 2.28. The third-order valence-electron chi connectivity index (χ3n) is 2.63. The van der Waals surface area contributed by atoms with Gasteiger partial charge in [0.1, 0.15) is 0 Å². The Hall–Kier alpha value is -1.57. The maximum Gasteiger partial charge on any atom is 0.246 e. The minimum Gasteiger partial charge on any atom is -0.335 e. The molecule has 1 aromatic rings. The zero-order valence-electron chi connectivity index (χ0n) is 10.2. The lowest BCUT2D eigenvalue weighted by Crippen LogP contribution is -2.28. The fourth-order valence-electron chi connectivity index (χ4n) is 1.59. The van der Waals surface area contributed by atoms with Gasteiger partial charge >= 0.3 is 0 Å². The number of carbonyl (C=O) groups excluding carboxylic acids is 1. The summed E-state index contributed by atoms with van der Waals surface area (Å²) >= 11 is 0. The molecule has 0 aliphatic heterocycles. The van der Waals surface area contributed by atoms with Crippen LogP contribution in [0.3, 0.4) is 0 Å². The largest absolute Gasteiger partial charge is 0.335 e. The number of rotatable bonds is 4. The monoisotopic (exact) mass is 217 g/mol. The van der Waals surface area contributed by atoms with Crippen molar-refractivity contribution in [3.8, 4) is 0 Å². The Morgan fingerprint density at radius 2 is 2.06 bits per heavy atom. The van der Waals surface area contributed by atoms with E-state index in [4.69, 9.17) is 0 Å². The summed E-state index contributed by atoms with van der Waals surface area (Å²) in [6.45, 7) is 7.35. The fraction of sp³-hybridized carbons (Fsp3) is 0.357. The first-order valence-corrected chi connectivity index (χ1v) is 5.65. The van der Waals surface area contributed by atoms with Gasteiger partial charge in [-0.15, -0.1) is 0 Å². The summed E-state index contributed by atoms with van der Waals surface area (Å²) < 4.78 is 0. The standard InChI is InChI=1S/C14H19NO/c1-4-8-14(16)15(5-2)11-13-10-7-6-9-12(13)3/h4,6-10H,5,11H2,1-3H3. The highest BCUT2D eigenvalue weighted by Gasteiger charge is 2.09. The van der Waals surface area contributed by atoms with E-state index in [1.54, 1.807) is 12.2 Å². The number of likely N-dealkylation sites (N-methyl/N-ethyl adjacent to an activating group) is 1. The van der Waals surface area contributed by atoms with E-state index < -0.39 is 0 Å². The second kappa shape index (κ2) is 6.11. The highest BCUT2D eigenvalue weighted by atomic mass is 16.2. The molecule has 0 aliphatic rings. The topological polar surface area (TPSA) is 20.3 Å². The maximum atomic E-state index is 11.7. The van der Waals surface area contributed by atoms with Crippen molar-refractivity contribution in [2.24, 2.45) is 0 Å². The predicted octanol–water partition coefficient (Wildman–Crippen LogP) is 2.92. The molecule has 0 saturated carbocycles. The summed E-state index contributed by atoms with van der Waals surface area (Å²) in [5.74, 6) is 0.0771. The second-order valence-electron chi connectivity index (χ2n) is 3.78. The number of benzene rings is 1. The van der Waals surface area contributed by atoms with Crippen LogP contribution in [0.1, 0.15) is 25.0 Å². The van der Waals surface area contributed by atoms with Crippen LogP contribution in [0.2, 0.25) is 0 Å². The maximum absolute atomic E-state index is 11.7. The molecule has 1 amide bonds. The lowest BCUT2D eigenvalue weighted by Gasteiger charge is -2.20. The normalized spacial score (nSPS) is 10.7. The molecule has 2 nitrogen and oxygen atoms in total.